The lowest BCUT2D eigenvalue weighted by Crippen LogP contribution is -2.09. The summed E-state index contributed by atoms with van der Waals surface area (Å²) in [5, 5.41) is 0. The summed E-state index contributed by atoms with van der Waals surface area (Å²) in [6.07, 6.45) is 3.85. The fraction of sp³-hybridized carbons (Fsp3) is 0.0625. The van der Waals surface area contributed by atoms with E-state index >= 15 is 0 Å². The number of hydrogen-bond acceptors (Lipinski definition) is 2. The summed E-state index contributed by atoms with van der Waals surface area (Å²) in [5.41, 5.74) is 2.39. The molecule has 0 unspecified atom stereocenters. The molecular formula is C16H13NO2. The van der Waals surface area contributed by atoms with Gasteiger partial charge >= 0.3 is 5.97 Å². The first-order valence-electron chi connectivity index (χ1n) is 6.09. The molecule has 2 heterocycles. The number of carbonyl (C=O) groups is 1. The van der Waals surface area contributed by atoms with E-state index in [2.05, 4.69) is 0 Å². The maximum Gasteiger partial charge on any atom is 0.346 e. The zero-order valence-corrected chi connectivity index (χ0v) is 10.5. The number of para-hydroxylation sites is 1. The van der Waals surface area contributed by atoms with E-state index in [-0.39, 0.29) is 5.97 Å². The quantitative estimate of drug-likeness (QED) is 0.516. The third-order valence-corrected chi connectivity index (χ3v) is 3.03. The van der Waals surface area contributed by atoms with Gasteiger partial charge in [0.15, 0.2) is 0 Å². The Kier molecular flexibility index (Phi) is 2.80. The number of benzene rings is 1. The molecule has 2 aromatic heterocycles. The Morgan fingerprint density at radius 1 is 1.05 bits per heavy atom. The minimum Gasteiger partial charge on any atom is -0.423 e. The number of nitrogens with zero attached hydrogens (tertiary/aromatic N) is 1. The molecule has 3 aromatic rings. The minimum absolute atomic E-state index is 0.322. The molecule has 0 aliphatic heterocycles. The molecule has 0 radical (unpaired) electrons. The molecule has 19 heavy (non-hydrogen) atoms. The summed E-state index contributed by atoms with van der Waals surface area (Å²) in [5.74, 6) is 0.236. The molecule has 1 aromatic carbocycles. The van der Waals surface area contributed by atoms with E-state index in [4.69, 9.17) is 4.74 Å². The highest BCUT2D eigenvalue weighted by Gasteiger charge is 2.17. The Balaban J connectivity index is 2.00. The second kappa shape index (κ2) is 4.61. The fourth-order valence-electron chi connectivity index (χ4n) is 2.17. The van der Waals surface area contributed by atoms with Crippen molar-refractivity contribution in [3.8, 4) is 5.75 Å². The van der Waals surface area contributed by atoms with E-state index in [1.807, 2.05) is 60.1 Å². The Bertz CT molecular complexity index is 729. The number of ether oxygens (including phenoxy) is 1. The standard InChI is InChI=1S/C16H13NO2/c1-12-11-17-10-6-5-9-14(17)15(12)16(18)19-13-7-3-2-4-8-13/h2-11H,1H3. The van der Waals surface area contributed by atoms with Gasteiger partial charge in [-0.05, 0) is 36.8 Å². The van der Waals surface area contributed by atoms with Crippen LogP contribution < -0.4 is 4.74 Å². The number of hydrogen-bond donors (Lipinski definition) is 0. The van der Waals surface area contributed by atoms with Crippen LogP contribution >= 0.6 is 0 Å². The van der Waals surface area contributed by atoms with Crippen molar-refractivity contribution in [1.29, 1.82) is 0 Å². The van der Waals surface area contributed by atoms with E-state index in [9.17, 15) is 4.79 Å². The molecule has 0 N–H and O–H groups in total. The number of esters is 1. The highest BCUT2D eigenvalue weighted by atomic mass is 16.5. The van der Waals surface area contributed by atoms with Gasteiger partial charge in [-0.25, -0.2) is 4.79 Å². The lowest BCUT2D eigenvalue weighted by Gasteiger charge is -2.04. The summed E-state index contributed by atoms with van der Waals surface area (Å²) in [4.78, 5) is 12.3. The number of fused-ring (bicyclic) bond motifs is 1. The minimum atomic E-state index is -0.322. The van der Waals surface area contributed by atoms with E-state index in [1.165, 1.54) is 0 Å². The van der Waals surface area contributed by atoms with Crippen molar-refractivity contribution < 1.29 is 9.53 Å². The van der Waals surface area contributed by atoms with E-state index < -0.39 is 0 Å². The van der Waals surface area contributed by atoms with Crippen molar-refractivity contribution in [3.05, 3.63) is 72.1 Å². The summed E-state index contributed by atoms with van der Waals surface area (Å²) in [6, 6.07) is 14.9. The van der Waals surface area contributed by atoms with E-state index in [1.54, 1.807) is 12.1 Å². The average molecular weight is 251 g/mol. The van der Waals surface area contributed by atoms with Crippen LogP contribution in [0.2, 0.25) is 0 Å². The first-order chi connectivity index (χ1) is 9.25. The van der Waals surface area contributed by atoms with Crippen LogP contribution in [0.5, 0.6) is 5.75 Å². The Labute approximate surface area is 111 Å². The second-order valence-corrected chi connectivity index (χ2v) is 4.38. The summed E-state index contributed by atoms with van der Waals surface area (Å²) < 4.78 is 7.32. The average Bonchev–Trinajstić information content (AvgIpc) is 2.75. The molecule has 0 saturated carbocycles. The van der Waals surface area contributed by atoms with Crippen LogP contribution in [0.4, 0.5) is 0 Å². The molecular weight excluding hydrogens is 238 g/mol. The second-order valence-electron chi connectivity index (χ2n) is 4.38. The molecule has 0 fully saturated rings. The van der Waals surface area contributed by atoms with Crippen molar-refractivity contribution in [2.75, 3.05) is 0 Å². The summed E-state index contributed by atoms with van der Waals surface area (Å²) >= 11 is 0. The van der Waals surface area contributed by atoms with Crippen LogP contribution in [0.15, 0.2) is 60.9 Å². The topological polar surface area (TPSA) is 30.7 Å². The van der Waals surface area contributed by atoms with Crippen LogP contribution in [-0.4, -0.2) is 10.4 Å². The fourth-order valence-corrected chi connectivity index (χ4v) is 2.17. The third-order valence-electron chi connectivity index (χ3n) is 3.03. The predicted octanol–water partition coefficient (Wildman–Crippen LogP) is 3.47. The molecule has 0 bridgehead atoms. The predicted molar refractivity (Wildman–Crippen MR) is 73.5 cm³/mol. The summed E-state index contributed by atoms with van der Waals surface area (Å²) in [6.45, 7) is 1.91. The number of pyridine rings is 1. The SMILES string of the molecule is Cc1cn2ccccc2c1C(=O)Oc1ccccc1. The highest BCUT2D eigenvalue weighted by Crippen LogP contribution is 2.20. The molecule has 0 atom stereocenters. The molecule has 3 nitrogen and oxygen atoms in total. The van der Waals surface area contributed by atoms with Gasteiger partial charge in [-0.15, -0.1) is 0 Å². The third kappa shape index (κ3) is 2.10. The van der Waals surface area contributed by atoms with Crippen molar-refractivity contribution >= 4 is 11.5 Å². The van der Waals surface area contributed by atoms with Crippen molar-refractivity contribution in [3.63, 3.8) is 0 Å². The van der Waals surface area contributed by atoms with Gasteiger partial charge < -0.3 is 9.14 Å². The lowest BCUT2D eigenvalue weighted by atomic mass is 10.2. The Hall–Kier alpha value is -2.55. The normalized spacial score (nSPS) is 10.6. The van der Waals surface area contributed by atoms with Gasteiger partial charge in [-0.1, -0.05) is 24.3 Å². The van der Waals surface area contributed by atoms with Gasteiger partial charge in [0.25, 0.3) is 0 Å². The van der Waals surface area contributed by atoms with Crippen LogP contribution in [0.1, 0.15) is 15.9 Å². The zero-order valence-electron chi connectivity index (χ0n) is 10.5. The number of aryl methyl sites for hydroxylation is 1. The highest BCUT2D eigenvalue weighted by molar-refractivity contribution is 6.00. The number of aromatic nitrogens is 1. The molecule has 0 amide bonds. The zero-order chi connectivity index (χ0) is 13.2. The van der Waals surface area contributed by atoms with Crippen LogP contribution in [0.3, 0.4) is 0 Å². The Morgan fingerprint density at radius 2 is 1.79 bits per heavy atom. The molecule has 94 valence electrons. The first kappa shape index (κ1) is 11.5. The molecule has 3 rings (SSSR count). The lowest BCUT2D eigenvalue weighted by molar-refractivity contribution is 0.0736. The molecule has 0 aliphatic carbocycles. The molecule has 3 heteroatoms. The largest absolute Gasteiger partial charge is 0.423 e. The van der Waals surface area contributed by atoms with Crippen LogP contribution in [0, 0.1) is 6.92 Å². The van der Waals surface area contributed by atoms with Crippen LogP contribution in [-0.2, 0) is 0 Å². The Morgan fingerprint density at radius 3 is 2.58 bits per heavy atom. The van der Waals surface area contributed by atoms with Gasteiger partial charge in [-0.2, -0.15) is 0 Å². The molecule has 0 aliphatic rings. The van der Waals surface area contributed by atoms with Crippen molar-refractivity contribution in [2.24, 2.45) is 0 Å². The first-order valence-corrected chi connectivity index (χ1v) is 6.09. The van der Waals surface area contributed by atoms with Gasteiger partial charge in [0, 0.05) is 12.4 Å². The smallest absolute Gasteiger partial charge is 0.346 e. The molecule has 0 saturated heterocycles. The van der Waals surface area contributed by atoms with Gasteiger partial charge in [-0.3, -0.25) is 0 Å². The maximum atomic E-state index is 12.3. The van der Waals surface area contributed by atoms with Gasteiger partial charge in [0.2, 0.25) is 0 Å². The van der Waals surface area contributed by atoms with Crippen molar-refractivity contribution in [1.82, 2.24) is 4.40 Å². The van der Waals surface area contributed by atoms with Gasteiger partial charge in [0.1, 0.15) is 5.75 Å². The van der Waals surface area contributed by atoms with E-state index in [0.29, 0.717) is 11.3 Å². The summed E-state index contributed by atoms with van der Waals surface area (Å²) in [7, 11) is 0. The van der Waals surface area contributed by atoms with Crippen LogP contribution in [0.25, 0.3) is 5.52 Å². The number of rotatable bonds is 2. The maximum absolute atomic E-state index is 12.3. The number of carbonyl (C=O) groups excluding carboxylic acids is 1. The van der Waals surface area contributed by atoms with Gasteiger partial charge in [0.05, 0.1) is 11.1 Å². The van der Waals surface area contributed by atoms with Crippen molar-refractivity contribution in [2.45, 2.75) is 6.92 Å². The molecule has 0 spiro atoms. The van der Waals surface area contributed by atoms with E-state index in [0.717, 1.165) is 11.1 Å². The monoisotopic (exact) mass is 251 g/mol.